The van der Waals surface area contributed by atoms with E-state index in [0.29, 0.717) is 13.2 Å². The lowest BCUT2D eigenvalue weighted by atomic mass is 10.2. The number of rotatable bonds is 10. The first-order valence-electron chi connectivity index (χ1n) is 9.05. The molecule has 0 aromatic heterocycles. The van der Waals surface area contributed by atoms with Crippen LogP contribution in [0.15, 0.2) is 54.6 Å². The van der Waals surface area contributed by atoms with E-state index < -0.39 is 6.10 Å². The highest BCUT2D eigenvalue weighted by Gasteiger charge is 2.19. The van der Waals surface area contributed by atoms with Gasteiger partial charge < -0.3 is 15.2 Å². The smallest absolute Gasteiger partial charge is 0.119 e. The van der Waals surface area contributed by atoms with Crippen molar-refractivity contribution in [1.29, 1.82) is 0 Å². The van der Waals surface area contributed by atoms with E-state index in [1.54, 1.807) is 0 Å². The van der Waals surface area contributed by atoms with E-state index in [1.807, 2.05) is 37.4 Å². The Kier molecular flexibility index (Phi) is 6.45. The van der Waals surface area contributed by atoms with Gasteiger partial charge in [-0.3, -0.25) is 4.90 Å². The number of benzene rings is 2. The SMILES string of the molecule is CN(Cc1ccccc1)C[C@@H](O)COc1ccc(CNC2CC2)cc1. The van der Waals surface area contributed by atoms with E-state index in [-0.39, 0.29) is 0 Å². The summed E-state index contributed by atoms with van der Waals surface area (Å²) in [6, 6.07) is 19.1. The van der Waals surface area contributed by atoms with Crippen LogP contribution in [0.2, 0.25) is 0 Å². The molecule has 3 rings (SSSR count). The number of aliphatic hydroxyl groups is 1. The van der Waals surface area contributed by atoms with Crippen molar-refractivity contribution >= 4 is 0 Å². The van der Waals surface area contributed by atoms with Crippen LogP contribution in [0.5, 0.6) is 5.75 Å². The van der Waals surface area contributed by atoms with Gasteiger partial charge in [0.25, 0.3) is 0 Å². The summed E-state index contributed by atoms with van der Waals surface area (Å²) in [4.78, 5) is 2.11. The second-order valence-electron chi connectivity index (χ2n) is 6.95. The van der Waals surface area contributed by atoms with Gasteiger partial charge in [-0.1, -0.05) is 42.5 Å². The predicted octanol–water partition coefficient (Wildman–Crippen LogP) is 2.81. The monoisotopic (exact) mass is 340 g/mol. The third kappa shape index (κ3) is 6.50. The molecule has 2 aromatic carbocycles. The van der Waals surface area contributed by atoms with Gasteiger partial charge in [0, 0.05) is 25.7 Å². The molecule has 1 saturated carbocycles. The van der Waals surface area contributed by atoms with E-state index in [2.05, 4.69) is 34.5 Å². The first-order chi connectivity index (χ1) is 12.2. The lowest BCUT2D eigenvalue weighted by molar-refractivity contribution is 0.0744. The summed E-state index contributed by atoms with van der Waals surface area (Å²) >= 11 is 0. The molecule has 0 saturated heterocycles. The Morgan fingerprint density at radius 3 is 2.48 bits per heavy atom. The van der Waals surface area contributed by atoms with Gasteiger partial charge in [-0.2, -0.15) is 0 Å². The van der Waals surface area contributed by atoms with E-state index in [0.717, 1.165) is 24.9 Å². The molecule has 2 aromatic rings. The van der Waals surface area contributed by atoms with E-state index in [9.17, 15) is 5.11 Å². The minimum Gasteiger partial charge on any atom is -0.491 e. The predicted molar refractivity (Wildman–Crippen MR) is 101 cm³/mol. The quantitative estimate of drug-likeness (QED) is 0.698. The second-order valence-corrected chi connectivity index (χ2v) is 6.95. The number of aliphatic hydroxyl groups excluding tert-OH is 1. The van der Waals surface area contributed by atoms with Crippen LogP contribution >= 0.6 is 0 Å². The maximum absolute atomic E-state index is 10.2. The summed E-state index contributed by atoms with van der Waals surface area (Å²) in [5.41, 5.74) is 2.51. The van der Waals surface area contributed by atoms with E-state index in [1.165, 1.54) is 24.0 Å². The molecule has 0 radical (unpaired) electrons. The Hall–Kier alpha value is -1.88. The Balaban J connectivity index is 1.36. The first kappa shape index (κ1) is 17.9. The first-order valence-corrected chi connectivity index (χ1v) is 9.05. The average Bonchev–Trinajstić information content (AvgIpc) is 3.44. The van der Waals surface area contributed by atoms with Gasteiger partial charge in [0.1, 0.15) is 18.5 Å². The van der Waals surface area contributed by atoms with Crippen LogP contribution in [0.4, 0.5) is 0 Å². The van der Waals surface area contributed by atoms with E-state index >= 15 is 0 Å². The lowest BCUT2D eigenvalue weighted by Crippen LogP contribution is -2.32. The zero-order valence-corrected chi connectivity index (χ0v) is 14.9. The zero-order chi connectivity index (χ0) is 17.5. The highest BCUT2D eigenvalue weighted by molar-refractivity contribution is 5.27. The normalized spacial score (nSPS) is 15.3. The van der Waals surface area contributed by atoms with Crippen LogP contribution in [0.25, 0.3) is 0 Å². The molecule has 25 heavy (non-hydrogen) atoms. The van der Waals surface area contributed by atoms with Gasteiger partial charge in [-0.05, 0) is 43.1 Å². The molecule has 4 heteroatoms. The molecule has 0 heterocycles. The van der Waals surface area contributed by atoms with Crippen LogP contribution < -0.4 is 10.1 Å². The maximum atomic E-state index is 10.2. The fourth-order valence-corrected chi connectivity index (χ4v) is 2.82. The summed E-state index contributed by atoms with van der Waals surface area (Å²) in [7, 11) is 2.01. The highest BCUT2D eigenvalue weighted by Crippen LogP contribution is 2.20. The number of nitrogens with one attached hydrogen (secondary N) is 1. The Morgan fingerprint density at radius 2 is 1.80 bits per heavy atom. The summed E-state index contributed by atoms with van der Waals surface area (Å²) in [6.45, 7) is 2.62. The van der Waals surface area contributed by atoms with Gasteiger partial charge in [-0.25, -0.2) is 0 Å². The van der Waals surface area contributed by atoms with Crippen molar-refractivity contribution in [3.63, 3.8) is 0 Å². The molecule has 1 aliphatic rings. The second kappa shape index (κ2) is 8.99. The number of ether oxygens (including phenoxy) is 1. The molecule has 134 valence electrons. The summed E-state index contributed by atoms with van der Waals surface area (Å²) in [6.07, 6.45) is 2.10. The zero-order valence-electron chi connectivity index (χ0n) is 14.9. The molecule has 4 nitrogen and oxygen atoms in total. The summed E-state index contributed by atoms with van der Waals surface area (Å²) in [5, 5.41) is 13.7. The van der Waals surface area contributed by atoms with Crippen molar-refractivity contribution in [3.05, 3.63) is 65.7 Å². The van der Waals surface area contributed by atoms with Crippen molar-refractivity contribution in [1.82, 2.24) is 10.2 Å². The molecule has 0 unspecified atom stereocenters. The van der Waals surface area contributed by atoms with Gasteiger partial charge in [-0.15, -0.1) is 0 Å². The lowest BCUT2D eigenvalue weighted by Gasteiger charge is -2.21. The number of nitrogens with zero attached hydrogens (tertiary/aromatic N) is 1. The average molecular weight is 340 g/mol. The van der Waals surface area contributed by atoms with Crippen molar-refractivity contribution in [3.8, 4) is 5.75 Å². The Morgan fingerprint density at radius 1 is 1.08 bits per heavy atom. The molecular formula is C21H28N2O2. The molecule has 0 aliphatic heterocycles. The minimum absolute atomic E-state index is 0.304. The van der Waals surface area contributed by atoms with Gasteiger partial charge in [0.05, 0.1) is 0 Å². The number of hydrogen-bond donors (Lipinski definition) is 2. The van der Waals surface area contributed by atoms with Crippen LogP contribution in [0, 0.1) is 0 Å². The van der Waals surface area contributed by atoms with Crippen molar-refractivity contribution in [2.45, 2.75) is 38.1 Å². The third-order valence-electron chi connectivity index (χ3n) is 4.36. The third-order valence-corrected chi connectivity index (χ3v) is 4.36. The molecule has 0 bridgehead atoms. The van der Waals surface area contributed by atoms with Crippen LogP contribution in [0.3, 0.4) is 0 Å². The van der Waals surface area contributed by atoms with E-state index in [4.69, 9.17) is 4.74 Å². The minimum atomic E-state index is -0.509. The molecule has 0 amide bonds. The molecule has 2 N–H and O–H groups in total. The molecule has 1 atom stereocenters. The summed E-state index contributed by atoms with van der Waals surface area (Å²) in [5.74, 6) is 0.805. The van der Waals surface area contributed by atoms with Crippen molar-refractivity contribution in [2.24, 2.45) is 0 Å². The number of hydrogen-bond acceptors (Lipinski definition) is 4. The van der Waals surface area contributed by atoms with Gasteiger partial charge in [0.2, 0.25) is 0 Å². The number of likely N-dealkylation sites (N-methyl/N-ethyl adjacent to an activating group) is 1. The molecule has 1 aliphatic carbocycles. The molecule has 0 spiro atoms. The largest absolute Gasteiger partial charge is 0.491 e. The van der Waals surface area contributed by atoms with Gasteiger partial charge >= 0.3 is 0 Å². The van der Waals surface area contributed by atoms with Crippen molar-refractivity contribution < 1.29 is 9.84 Å². The topological polar surface area (TPSA) is 44.7 Å². The fourth-order valence-electron chi connectivity index (χ4n) is 2.82. The fraction of sp³-hybridized carbons (Fsp3) is 0.429. The summed E-state index contributed by atoms with van der Waals surface area (Å²) < 4.78 is 5.71. The standard InChI is InChI=1S/C21H28N2O2/c1-23(14-18-5-3-2-4-6-18)15-20(24)16-25-21-11-7-17(8-12-21)13-22-19-9-10-19/h2-8,11-12,19-20,22,24H,9-10,13-16H2,1H3/t20-/m1/s1. The molecular weight excluding hydrogens is 312 g/mol. The van der Waals surface area contributed by atoms with Crippen LogP contribution in [-0.4, -0.2) is 42.4 Å². The van der Waals surface area contributed by atoms with Crippen molar-refractivity contribution in [2.75, 3.05) is 20.2 Å². The van der Waals surface area contributed by atoms with Crippen LogP contribution in [0.1, 0.15) is 24.0 Å². The van der Waals surface area contributed by atoms with Crippen LogP contribution in [-0.2, 0) is 13.1 Å². The van der Waals surface area contributed by atoms with Gasteiger partial charge in [0.15, 0.2) is 0 Å². The molecule has 1 fully saturated rings. The Labute approximate surface area is 150 Å². The Bertz CT molecular complexity index is 626. The maximum Gasteiger partial charge on any atom is 0.119 e. The highest BCUT2D eigenvalue weighted by atomic mass is 16.5.